The van der Waals surface area contributed by atoms with Gasteiger partial charge in [0.15, 0.2) is 0 Å². The van der Waals surface area contributed by atoms with Crippen molar-refractivity contribution in [3.8, 4) is 0 Å². The maximum Gasteiger partial charge on any atom is 0.104 e. The molecule has 0 aliphatic carbocycles. The smallest absolute Gasteiger partial charge is 0.0652 e. The van der Waals surface area contributed by atoms with Gasteiger partial charge in [0.25, 0.3) is 0 Å². The van der Waals surface area contributed by atoms with Crippen LogP contribution in [0.3, 0.4) is 0 Å². The highest BCUT2D eigenvalue weighted by molar-refractivity contribution is 7.92. The van der Waals surface area contributed by atoms with Crippen molar-refractivity contribution in [1.29, 1.82) is 0 Å². The Bertz CT molecular complexity index is 462. The normalized spacial score (nSPS) is 11.2. The molecule has 0 spiro atoms. The first kappa shape index (κ1) is 14.0. The van der Waals surface area contributed by atoms with E-state index >= 15 is 0 Å². The van der Waals surface area contributed by atoms with E-state index < -0.39 is 7.26 Å². The van der Waals surface area contributed by atoms with E-state index in [0.717, 1.165) is 0 Å². The average Bonchev–Trinajstić information content (AvgIpc) is 2.51. The molecule has 1 heteroatoms. The lowest BCUT2D eigenvalue weighted by Crippen LogP contribution is -2.23. The minimum atomic E-state index is -1.43. The largest absolute Gasteiger partial charge is 0.104 e. The molecule has 0 unspecified atom stereocenters. The van der Waals surface area contributed by atoms with Crippen LogP contribution in [-0.4, -0.2) is 6.16 Å². The third-order valence-electron chi connectivity index (χ3n) is 3.61. The summed E-state index contributed by atoms with van der Waals surface area (Å²) in [5, 5.41) is 2.90. The first-order valence-electron chi connectivity index (χ1n) is 6.96. The zero-order valence-corrected chi connectivity index (χ0v) is 12.5. The van der Waals surface area contributed by atoms with E-state index in [1.807, 2.05) is 0 Å². The lowest BCUT2D eigenvalue weighted by atomic mass is 10.4. The number of rotatable bonds is 6. The van der Waals surface area contributed by atoms with Crippen LogP contribution in [0.4, 0.5) is 0 Å². The van der Waals surface area contributed by atoms with Crippen molar-refractivity contribution in [2.24, 2.45) is 0 Å². The Labute approximate surface area is 117 Å². The van der Waals surface area contributed by atoms with Crippen molar-refractivity contribution in [3.05, 3.63) is 73.1 Å². The Morgan fingerprint density at radius 2 is 1.37 bits per heavy atom. The third kappa shape index (κ3) is 2.96. The molecule has 0 atom stereocenters. The van der Waals surface area contributed by atoms with E-state index in [2.05, 4.69) is 80.0 Å². The van der Waals surface area contributed by atoms with Gasteiger partial charge < -0.3 is 0 Å². The second-order valence-electron chi connectivity index (χ2n) is 4.80. The standard InChI is InChI=1S/C18H22P/c1-3-5-16-19(4-2,17-12-8-6-9-13-17)18-14-10-7-11-15-18/h4,6-15H,2-3,5,16H2,1H3/q+1. The van der Waals surface area contributed by atoms with Gasteiger partial charge >= 0.3 is 0 Å². The number of benzene rings is 2. The molecule has 2 aromatic rings. The summed E-state index contributed by atoms with van der Waals surface area (Å²) in [6, 6.07) is 21.8. The van der Waals surface area contributed by atoms with Crippen molar-refractivity contribution in [2.75, 3.05) is 6.16 Å². The summed E-state index contributed by atoms with van der Waals surface area (Å²) in [5.41, 5.74) is 0. The Morgan fingerprint density at radius 3 is 1.74 bits per heavy atom. The number of unbranched alkanes of at least 4 members (excludes halogenated alkanes) is 1. The molecule has 0 fully saturated rings. The second-order valence-corrected chi connectivity index (χ2v) is 8.38. The second kappa shape index (κ2) is 6.68. The zero-order valence-electron chi connectivity index (χ0n) is 11.6. The van der Waals surface area contributed by atoms with Gasteiger partial charge in [-0.2, -0.15) is 0 Å². The van der Waals surface area contributed by atoms with Gasteiger partial charge in [0.2, 0.25) is 0 Å². The van der Waals surface area contributed by atoms with Crippen LogP contribution in [0, 0.1) is 0 Å². The van der Waals surface area contributed by atoms with Crippen molar-refractivity contribution >= 4 is 17.9 Å². The van der Waals surface area contributed by atoms with Gasteiger partial charge in [-0.25, -0.2) is 0 Å². The van der Waals surface area contributed by atoms with E-state index in [4.69, 9.17) is 0 Å². The zero-order chi connectivity index (χ0) is 13.6. The summed E-state index contributed by atoms with van der Waals surface area (Å²) < 4.78 is 0. The van der Waals surface area contributed by atoms with Gasteiger partial charge in [-0.15, -0.1) is 0 Å². The fourth-order valence-electron chi connectivity index (χ4n) is 2.50. The van der Waals surface area contributed by atoms with Crippen molar-refractivity contribution in [2.45, 2.75) is 19.8 Å². The Morgan fingerprint density at radius 1 is 0.895 bits per heavy atom. The quantitative estimate of drug-likeness (QED) is 0.672. The van der Waals surface area contributed by atoms with Gasteiger partial charge in [0, 0.05) is 0 Å². The molecule has 0 N–H and O–H groups in total. The van der Waals surface area contributed by atoms with Crippen LogP contribution in [0.2, 0.25) is 0 Å². The minimum Gasteiger partial charge on any atom is -0.0652 e. The first-order chi connectivity index (χ1) is 9.33. The number of hydrogen-bond donors (Lipinski definition) is 0. The SMILES string of the molecule is C=C[P+](CCCC)(c1ccccc1)c1ccccc1. The highest BCUT2D eigenvalue weighted by Crippen LogP contribution is 2.58. The Kier molecular flexibility index (Phi) is 4.93. The molecular weight excluding hydrogens is 247 g/mol. The fourth-order valence-corrected chi connectivity index (χ4v) is 6.15. The molecule has 19 heavy (non-hydrogen) atoms. The van der Waals surface area contributed by atoms with Crippen LogP contribution >= 0.6 is 7.26 Å². The molecule has 0 saturated carbocycles. The summed E-state index contributed by atoms with van der Waals surface area (Å²) in [7, 11) is -1.43. The van der Waals surface area contributed by atoms with E-state index in [-0.39, 0.29) is 0 Å². The van der Waals surface area contributed by atoms with E-state index in [1.165, 1.54) is 29.6 Å². The van der Waals surface area contributed by atoms with Crippen molar-refractivity contribution in [1.82, 2.24) is 0 Å². The van der Waals surface area contributed by atoms with Crippen LogP contribution in [0.25, 0.3) is 0 Å². The minimum absolute atomic E-state index is 1.22. The predicted molar refractivity (Wildman–Crippen MR) is 89.0 cm³/mol. The molecule has 0 radical (unpaired) electrons. The summed E-state index contributed by atoms with van der Waals surface area (Å²) in [5.74, 6) is 2.23. The predicted octanol–water partition coefficient (Wildman–Crippen LogP) is 4.60. The molecule has 0 aromatic heterocycles. The molecule has 0 amide bonds. The van der Waals surface area contributed by atoms with E-state index in [9.17, 15) is 0 Å². The van der Waals surface area contributed by atoms with Crippen molar-refractivity contribution < 1.29 is 0 Å². The molecule has 0 saturated heterocycles. The van der Waals surface area contributed by atoms with E-state index in [0.29, 0.717) is 0 Å². The van der Waals surface area contributed by atoms with Gasteiger partial charge in [-0.1, -0.05) is 56.3 Å². The van der Waals surface area contributed by atoms with Crippen LogP contribution in [0.5, 0.6) is 0 Å². The maximum atomic E-state index is 4.19. The average molecular weight is 269 g/mol. The molecular formula is C18H22P+. The first-order valence-corrected chi connectivity index (χ1v) is 9.00. The monoisotopic (exact) mass is 269 g/mol. The lowest BCUT2D eigenvalue weighted by Gasteiger charge is -2.23. The van der Waals surface area contributed by atoms with Crippen LogP contribution in [-0.2, 0) is 0 Å². The number of hydrogen-bond acceptors (Lipinski definition) is 0. The molecule has 0 aliphatic rings. The van der Waals surface area contributed by atoms with Crippen LogP contribution in [0.1, 0.15) is 19.8 Å². The molecule has 0 bridgehead atoms. The third-order valence-corrected chi connectivity index (χ3v) is 7.69. The topological polar surface area (TPSA) is 0 Å². The summed E-state index contributed by atoms with van der Waals surface area (Å²) >= 11 is 0. The van der Waals surface area contributed by atoms with Gasteiger partial charge in [0.05, 0.1) is 12.0 Å². The van der Waals surface area contributed by atoms with Gasteiger partial charge in [0.1, 0.15) is 17.9 Å². The highest BCUT2D eigenvalue weighted by atomic mass is 31.2. The van der Waals surface area contributed by atoms with E-state index in [1.54, 1.807) is 0 Å². The molecule has 0 aliphatic heterocycles. The molecule has 2 rings (SSSR count). The van der Waals surface area contributed by atoms with Gasteiger partial charge in [-0.05, 0) is 30.7 Å². The Balaban J connectivity index is 2.51. The summed E-state index contributed by atoms with van der Waals surface area (Å²) in [4.78, 5) is 0. The lowest BCUT2D eigenvalue weighted by molar-refractivity contribution is 0.891. The van der Waals surface area contributed by atoms with Crippen LogP contribution < -0.4 is 10.6 Å². The molecule has 0 nitrogen and oxygen atoms in total. The molecule has 2 aromatic carbocycles. The maximum absolute atomic E-state index is 4.19. The summed E-state index contributed by atoms with van der Waals surface area (Å²) in [6.07, 6.45) is 3.71. The Hall–Kier alpha value is -1.39. The molecule has 0 heterocycles. The highest BCUT2D eigenvalue weighted by Gasteiger charge is 2.38. The fraction of sp³-hybridized carbons (Fsp3) is 0.222. The van der Waals surface area contributed by atoms with Gasteiger partial charge in [-0.3, -0.25) is 0 Å². The van der Waals surface area contributed by atoms with Crippen LogP contribution in [0.15, 0.2) is 73.1 Å². The summed E-state index contributed by atoms with van der Waals surface area (Å²) in [6.45, 7) is 6.45. The molecule has 98 valence electrons. The van der Waals surface area contributed by atoms with Crippen molar-refractivity contribution in [3.63, 3.8) is 0 Å².